The van der Waals surface area contributed by atoms with Crippen LogP contribution in [0.15, 0.2) is 10.5 Å². The molecule has 0 aliphatic carbocycles. The zero-order valence-electron chi connectivity index (χ0n) is 10.2. The van der Waals surface area contributed by atoms with Crippen LogP contribution in [0, 0.1) is 0 Å². The van der Waals surface area contributed by atoms with E-state index < -0.39 is 0 Å². The van der Waals surface area contributed by atoms with Crippen LogP contribution in [0.2, 0.25) is 0 Å². The Hall–Kier alpha value is -0.940. The highest BCUT2D eigenvalue weighted by Crippen LogP contribution is 2.46. The van der Waals surface area contributed by atoms with Crippen molar-refractivity contribution in [2.45, 2.75) is 25.8 Å². The monoisotopic (exact) mass is 301 g/mol. The van der Waals surface area contributed by atoms with Gasteiger partial charge in [-0.3, -0.25) is 0 Å². The van der Waals surface area contributed by atoms with Gasteiger partial charge in [0.25, 0.3) is 0 Å². The molecule has 0 spiro atoms. The molecule has 0 bridgehead atoms. The van der Waals surface area contributed by atoms with Gasteiger partial charge in [-0.05, 0) is 36.2 Å². The molecule has 4 nitrogen and oxygen atoms in total. The van der Waals surface area contributed by atoms with E-state index in [0.29, 0.717) is 6.42 Å². The summed E-state index contributed by atoms with van der Waals surface area (Å²) in [7, 11) is 1.63. The van der Waals surface area contributed by atoms with Crippen molar-refractivity contribution in [1.29, 1.82) is 0 Å². The van der Waals surface area contributed by atoms with Crippen molar-refractivity contribution in [3.8, 4) is 17.2 Å². The van der Waals surface area contributed by atoms with Crippen molar-refractivity contribution < 1.29 is 14.2 Å². The zero-order chi connectivity index (χ0) is 12.6. The average Bonchev–Trinajstić information content (AvgIpc) is 2.63. The third-order valence-corrected chi connectivity index (χ3v) is 3.09. The van der Waals surface area contributed by atoms with E-state index in [1.807, 2.05) is 19.9 Å². The molecule has 0 amide bonds. The summed E-state index contributed by atoms with van der Waals surface area (Å²) in [5.41, 5.74) is 6.67. The minimum absolute atomic E-state index is 0.243. The van der Waals surface area contributed by atoms with E-state index in [9.17, 15) is 0 Å². The molecule has 2 rings (SSSR count). The fourth-order valence-corrected chi connectivity index (χ4v) is 2.51. The number of rotatable bonds is 3. The molecule has 0 radical (unpaired) electrons. The lowest BCUT2D eigenvalue weighted by Crippen LogP contribution is -2.34. The highest BCUT2D eigenvalue weighted by atomic mass is 79.9. The van der Waals surface area contributed by atoms with Crippen LogP contribution in [0.25, 0.3) is 0 Å². The topological polar surface area (TPSA) is 53.7 Å². The molecule has 0 saturated carbocycles. The van der Waals surface area contributed by atoms with Crippen molar-refractivity contribution in [2.75, 3.05) is 13.9 Å². The average molecular weight is 302 g/mol. The van der Waals surface area contributed by atoms with Gasteiger partial charge < -0.3 is 19.9 Å². The van der Waals surface area contributed by atoms with E-state index >= 15 is 0 Å². The summed E-state index contributed by atoms with van der Waals surface area (Å²) in [5.74, 6) is 2.23. The second-order valence-electron chi connectivity index (χ2n) is 4.77. The SMILES string of the molecule is COc1c(Br)cc2c(c1CC(C)(C)N)OCO2. The lowest BCUT2D eigenvalue weighted by atomic mass is 9.94. The van der Waals surface area contributed by atoms with E-state index in [1.165, 1.54) is 0 Å². The van der Waals surface area contributed by atoms with Crippen molar-refractivity contribution in [3.05, 3.63) is 16.1 Å². The third-order valence-electron chi connectivity index (χ3n) is 2.50. The molecule has 94 valence electrons. The molecule has 1 aromatic rings. The molecule has 2 N–H and O–H groups in total. The quantitative estimate of drug-likeness (QED) is 0.932. The Morgan fingerprint density at radius 3 is 2.76 bits per heavy atom. The van der Waals surface area contributed by atoms with Crippen LogP contribution in [-0.2, 0) is 6.42 Å². The van der Waals surface area contributed by atoms with Crippen LogP contribution in [0.4, 0.5) is 0 Å². The predicted molar refractivity (Wildman–Crippen MR) is 68.8 cm³/mol. The summed E-state index contributed by atoms with van der Waals surface area (Å²) in [6.45, 7) is 4.18. The molecule has 1 aliphatic rings. The summed E-state index contributed by atoms with van der Waals surface area (Å²) in [6.07, 6.45) is 0.654. The number of benzene rings is 1. The maximum Gasteiger partial charge on any atom is 0.231 e. The van der Waals surface area contributed by atoms with Gasteiger partial charge in [0, 0.05) is 17.2 Å². The molecule has 0 atom stereocenters. The van der Waals surface area contributed by atoms with Crippen molar-refractivity contribution in [3.63, 3.8) is 0 Å². The van der Waals surface area contributed by atoms with Crippen LogP contribution in [0.3, 0.4) is 0 Å². The number of ether oxygens (including phenoxy) is 3. The number of nitrogens with two attached hydrogens (primary N) is 1. The Kier molecular flexibility index (Phi) is 3.23. The first kappa shape index (κ1) is 12.5. The van der Waals surface area contributed by atoms with Gasteiger partial charge in [0.1, 0.15) is 5.75 Å². The molecule has 0 aromatic heterocycles. The van der Waals surface area contributed by atoms with Gasteiger partial charge in [-0.15, -0.1) is 0 Å². The summed E-state index contributed by atoms with van der Waals surface area (Å²) >= 11 is 3.47. The maximum absolute atomic E-state index is 6.07. The first-order valence-corrected chi connectivity index (χ1v) is 6.15. The highest BCUT2D eigenvalue weighted by Gasteiger charge is 2.27. The van der Waals surface area contributed by atoms with Gasteiger partial charge in [0.15, 0.2) is 11.5 Å². The number of halogens is 1. The van der Waals surface area contributed by atoms with Crippen molar-refractivity contribution >= 4 is 15.9 Å². The minimum Gasteiger partial charge on any atom is -0.495 e. The number of fused-ring (bicyclic) bond motifs is 1. The van der Waals surface area contributed by atoms with Crippen LogP contribution in [0.1, 0.15) is 19.4 Å². The molecule has 1 aliphatic heterocycles. The van der Waals surface area contributed by atoms with Crippen molar-refractivity contribution in [1.82, 2.24) is 0 Å². The van der Waals surface area contributed by atoms with Gasteiger partial charge >= 0.3 is 0 Å². The molecule has 0 unspecified atom stereocenters. The van der Waals surface area contributed by atoms with Gasteiger partial charge in [-0.25, -0.2) is 0 Å². The fraction of sp³-hybridized carbons (Fsp3) is 0.500. The van der Waals surface area contributed by atoms with E-state index in [-0.39, 0.29) is 12.3 Å². The lowest BCUT2D eigenvalue weighted by molar-refractivity contribution is 0.173. The second kappa shape index (κ2) is 4.38. The number of hydrogen-bond acceptors (Lipinski definition) is 4. The molecular formula is C12H16BrNO3. The fourth-order valence-electron chi connectivity index (χ4n) is 1.90. The molecule has 17 heavy (non-hydrogen) atoms. The van der Waals surface area contributed by atoms with E-state index in [1.54, 1.807) is 7.11 Å². The van der Waals surface area contributed by atoms with Crippen molar-refractivity contribution in [2.24, 2.45) is 5.73 Å². The maximum atomic E-state index is 6.07. The van der Waals surface area contributed by atoms with E-state index in [4.69, 9.17) is 19.9 Å². The van der Waals surface area contributed by atoms with Crippen LogP contribution in [0.5, 0.6) is 17.2 Å². The molecular weight excluding hydrogens is 286 g/mol. The molecule has 1 aromatic carbocycles. The van der Waals surface area contributed by atoms with Crippen LogP contribution < -0.4 is 19.9 Å². The summed E-state index contributed by atoms with van der Waals surface area (Å²) in [4.78, 5) is 0. The number of hydrogen-bond donors (Lipinski definition) is 1. The van der Waals surface area contributed by atoms with E-state index in [0.717, 1.165) is 27.3 Å². The van der Waals surface area contributed by atoms with Gasteiger partial charge in [0.05, 0.1) is 11.6 Å². The van der Waals surface area contributed by atoms with Gasteiger partial charge in [-0.2, -0.15) is 0 Å². The molecule has 5 heteroatoms. The van der Waals surface area contributed by atoms with Gasteiger partial charge in [-0.1, -0.05) is 0 Å². The van der Waals surface area contributed by atoms with Gasteiger partial charge in [0.2, 0.25) is 6.79 Å². The Labute approximate surface area is 109 Å². The summed E-state index contributed by atoms with van der Waals surface area (Å²) in [5, 5.41) is 0. The Morgan fingerprint density at radius 2 is 2.18 bits per heavy atom. The third kappa shape index (κ3) is 2.50. The normalized spacial score (nSPS) is 13.9. The van der Waals surface area contributed by atoms with Crippen LogP contribution >= 0.6 is 15.9 Å². The first-order valence-electron chi connectivity index (χ1n) is 5.36. The smallest absolute Gasteiger partial charge is 0.231 e. The minimum atomic E-state index is -0.339. The Balaban J connectivity index is 2.53. The molecule has 0 fully saturated rings. The van der Waals surface area contributed by atoms with E-state index in [2.05, 4.69) is 15.9 Å². The molecule has 0 saturated heterocycles. The predicted octanol–water partition coefficient (Wildman–Crippen LogP) is 2.47. The number of methoxy groups -OCH3 is 1. The highest BCUT2D eigenvalue weighted by molar-refractivity contribution is 9.10. The Bertz CT molecular complexity index is 437. The standard InChI is InChI=1S/C12H16BrNO3/c1-12(2,14)5-7-10(15-3)8(13)4-9-11(7)17-6-16-9/h4H,5-6,14H2,1-3H3. The second-order valence-corrected chi connectivity index (χ2v) is 5.62. The zero-order valence-corrected chi connectivity index (χ0v) is 11.8. The summed E-state index contributed by atoms with van der Waals surface area (Å²) in [6, 6.07) is 1.86. The summed E-state index contributed by atoms with van der Waals surface area (Å²) < 4.78 is 17.1. The molecule has 1 heterocycles. The first-order chi connectivity index (χ1) is 7.92. The van der Waals surface area contributed by atoms with Crippen LogP contribution in [-0.4, -0.2) is 19.4 Å². The Morgan fingerprint density at radius 1 is 1.47 bits per heavy atom. The largest absolute Gasteiger partial charge is 0.495 e. The lowest BCUT2D eigenvalue weighted by Gasteiger charge is -2.21.